The van der Waals surface area contributed by atoms with E-state index in [1.165, 1.54) is 25.7 Å². The monoisotopic (exact) mass is 257 g/mol. The molecule has 0 radical (unpaired) electrons. The smallest absolute Gasteiger partial charge is 0.251 e. The predicted molar refractivity (Wildman–Crippen MR) is 77.0 cm³/mol. The van der Waals surface area contributed by atoms with E-state index in [9.17, 15) is 4.79 Å². The minimum Gasteiger partial charge on any atom is -0.349 e. The minimum atomic E-state index is 0.0824. The lowest BCUT2D eigenvalue weighted by Gasteiger charge is -2.28. The van der Waals surface area contributed by atoms with Crippen molar-refractivity contribution in [2.24, 2.45) is 17.8 Å². The third-order valence-electron chi connectivity index (χ3n) is 5.07. The lowest BCUT2D eigenvalue weighted by molar-refractivity contribution is 0.0915. The highest BCUT2D eigenvalue weighted by Crippen LogP contribution is 2.49. The van der Waals surface area contributed by atoms with Crippen molar-refractivity contribution in [2.75, 3.05) is 0 Å². The number of nitrogens with one attached hydrogen (secondary N) is 1. The average Bonchev–Trinajstić information content (AvgIpc) is 3.00. The number of hydrogen-bond donors (Lipinski definition) is 1. The van der Waals surface area contributed by atoms with Gasteiger partial charge in [-0.15, -0.1) is 0 Å². The number of benzene rings is 1. The van der Waals surface area contributed by atoms with Gasteiger partial charge in [-0.2, -0.15) is 0 Å². The van der Waals surface area contributed by atoms with E-state index in [1.807, 2.05) is 31.2 Å². The van der Waals surface area contributed by atoms with E-state index >= 15 is 0 Å². The van der Waals surface area contributed by atoms with Gasteiger partial charge in [0.15, 0.2) is 0 Å². The molecule has 0 aromatic heterocycles. The lowest BCUT2D eigenvalue weighted by atomic mass is 9.84. The van der Waals surface area contributed by atoms with Crippen LogP contribution in [0.3, 0.4) is 0 Å². The highest BCUT2D eigenvalue weighted by molar-refractivity contribution is 5.94. The van der Waals surface area contributed by atoms with Gasteiger partial charge >= 0.3 is 0 Å². The molecule has 0 spiro atoms. The molecule has 2 bridgehead atoms. The molecular formula is C17H23NO. The molecular weight excluding hydrogens is 234 g/mol. The Balaban J connectivity index is 1.63. The largest absolute Gasteiger partial charge is 0.349 e. The summed E-state index contributed by atoms with van der Waals surface area (Å²) in [6, 6.07) is 8.14. The number of carbonyl (C=O) groups is 1. The first kappa shape index (κ1) is 12.7. The second kappa shape index (κ2) is 4.99. The number of amides is 1. The van der Waals surface area contributed by atoms with Crippen LogP contribution >= 0.6 is 0 Å². The SMILES string of the molecule is Cc1cccc(C(=O)N[C@H](C)[C@@H]2C[C@@H]3CC[C@@H]2C3)c1. The Kier molecular flexibility index (Phi) is 3.34. The molecule has 0 unspecified atom stereocenters. The predicted octanol–water partition coefficient (Wildman–Crippen LogP) is 3.55. The molecule has 2 fully saturated rings. The Bertz CT molecular complexity index is 482. The third kappa shape index (κ3) is 2.54. The Morgan fingerprint density at radius 3 is 2.79 bits per heavy atom. The zero-order valence-electron chi connectivity index (χ0n) is 11.9. The normalized spacial score (nSPS) is 30.3. The molecule has 3 rings (SSSR count). The number of carbonyl (C=O) groups excluding carboxylic acids is 1. The first-order valence-electron chi connectivity index (χ1n) is 7.51. The van der Waals surface area contributed by atoms with Crippen LogP contribution < -0.4 is 5.32 Å². The molecule has 2 heteroatoms. The van der Waals surface area contributed by atoms with Gasteiger partial charge in [-0.05, 0) is 63.0 Å². The zero-order valence-corrected chi connectivity index (χ0v) is 11.9. The molecule has 2 aliphatic carbocycles. The molecule has 0 heterocycles. The van der Waals surface area contributed by atoms with Gasteiger partial charge in [0, 0.05) is 11.6 Å². The fourth-order valence-corrected chi connectivity index (χ4v) is 4.09. The van der Waals surface area contributed by atoms with Gasteiger partial charge in [0.2, 0.25) is 0 Å². The fourth-order valence-electron chi connectivity index (χ4n) is 4.09. The van der Waals surface area contributed by atoms with Gasteiger partial charge in [-0.1, -0.05) is 24.1 Å². The summed E-state index contributed by atoms with van der Waals surface area (Å²) in [6.07, 6.45) is 5.51. The highest BCUT2D eigenvalue weighted by Gasteiger charge is 2.42. The van der Waals surface area contributed by atoms with Gasteiger partial charge in [0.1, 0.15) is 0 Å². The Morgan fingerprint density at radius 1 is 1.32 bits per heavy atom. The molecule has 2 aliphatic rings. The molecule has 2 nitrogen and oxygen atoms in total. The van der Waals surface area contributed by atoms with Crippen molar-refractivity contribution in [3.8, 4) is 0 Å². The Hall–Kier alpha value is -1.31. The van der Waals surface area contributed by atoms with Crippen LogP contribution in [0.1, 0.15) is 48.5 Å². The summed E-state index contributed by atoms with van der Waals surface area (Å²) in [5, 5.41) is 3.21. The van der Waals surface area contributed by atoms with E-state index in [1.54, 1.807) is 0 Å². The van der Waals surface area contributed by atoms with E-state index in [-0.39, 0.29) is 5.91 Å². The summed E-state index contributed by atoms with van der Waals surface area (Å²) in [5.74, 6) is 2.58. The number of rotatable bonds is 3. The molecule has 19 heavy (non-hydrogen) atoms. The molecule has 4 atom stereocenters. The second-order valence-corrected chi connectivity index (χ2v) is 6.47. The van der Waals surface area contributed by atoms with E-state index in [4.69, 9.17) is 0 Å². The van der Waals surface area contributed by atoms with Gasteiger partial charge in [-0.25, -0.2) is 0 Å². The molecule has 0 saturated heterocycles. The lowest BCUT2D eigenvalue weighted by Crippen LogP contribution is -2.40. The van der Waals surface area contributed by atoms with Crippen LogP contribution in [0.2, 0.25) is 0 Å². The van der Waals surface area contributed by atoms with Crippen molar-refractivity contribution >= 4 is 5.91 Å². The molecule has 1 aromatic carbocycles. The molecule has 102 valence electrons. The maximum atomic E-state index is 12.3. The van der Waals surface area contributed by atoms with Gasteiger partial charge in [0.05, 0.1) is 0 Å². The van der Waals surface area contributed by atoms with Gasteiger partial charge in [-0.3, -0.25) is 4.79 Å². The second-order valence-electron chi connectivity index (χ2n) is 6.47. The molecule has 0 aliphatic heterocycles. The first-order chi connectivity index (χ1) is 9.13. The van der Waals surface area contributed by atoms with E-state index in [0.29, 0.717) is 12.0 Å². The van der Waals surface area contributed by atoms with Crippen LogP contribution in [-0.2, 0) is 0 Å². The highest BCUT2D eigenvalue weighted by atomic mass is 16.1. The Morgan fingerprint density at radius 2 is 2.16 bits per heavy atom. The molecule has 1 amide bonds. The van der Waals surface area contributed by atoms with E-state index in [0.717, 1.165) is 23.0 Å². The quantitative estimate of drug-likeness (QED) is 0.881. The fraction of sp³-hybridized carbons (Fsp3) is 0.588. The number of hydrogen-bond acceptors (Lipinski definition) is 1. The van der Waals surface area contributed by atoms with Crippen LogP contribution in [0.4, 0.5) is 0 Å². The van der Waals surface area contributed by atoms with Crippen LogP contribution in [0.5, 0.6) is 0 Å². The van der Waals surface area contributed by atoms with Gasteiger partial charge < -0.3 is 5.32 Å². The van der Waals surface area contributed by atoms with Crippen LogP contribution in [0, 0.1) is 24.7 Å². The summed E-state index contributed by atoms with van der Waals surface area (Å²) in [6.45, 7) is 4.20. The standard InChI is InChI=1S/C17H23NO/c1-11-4-3-5-15(8-11)17(19)18-12(2)16-10-13-6-7-14(16)9-13/h3-5,8,12-14,16H,6-7,9-10H2,1-2H3,(H,18,19)/t12-,13-,14-,16+/m1/s1. The number of fused-ring (bicyclic) bond motifs is 2. The Labute approximate surface area is 115 Å². The van der Waals surface area contributed by atoms with Crippen molar-refractivity contribution in [2.45, 2.75) is 45.6 Å². The summed E-state index contributed by atoms with van der Waals surface area (Å²) < 4.78 is 0. The van der Waals surface area contributed by atoms with Crippen LogP contribution in [0.15, 0.2) is 24.3 Å². The summed E-state index contributed by atoms with van der Waals surface area (Å²) in [5.41, 5.74) is 1.93. The van der Waals surface area contributed by atoms with Crippen molar-refractivity contribution in [1.29, 1.82) is 0 Å². The summed E-state index contributed by atoms with van der Waals surface area (Å²) in [4.78, 5) is 12.3. The van der Waals surface area contributed by atoms with Crippen LogP contribution in [-0.4, -0.2) is 11.9 Å². The maximum absolute atomic E-state index is 12.3. The summed E-state index contributed by atoms with van der Waals surface area (Å²) >= 11 is 0. The van der Waals surface area contributed by atoms with Gasteiger partial charge in [0.25, 0.3) is 5.91 Å². The van der Waals surface area contributed by atoms with Crippen molar-refractivity contribution in [3.63, 3.8) is 0 Å². The van der Waals surface area contributed by atoms with E-state index in [2.05, 4.69) is 12.2 Å². The molecule has 1 N–H and O–H groups in total. The molecule has 1 aromatic rings. The van der Waals surface area contributed by atoms with Crippen LogP contribution in [0.25, 0.3) is 0 Å². The summed E-state index contributed by atoms with van der Waals surface area (Å²) in [7, 11) is 0. The third-order valence-corrected chi connectivity index (χ3v) is 5.07. The minimum absolute atomic E-state index is 0.0824. The maximum Gasteiger partial charge on any atom is 0.251 e. The van der Waals surface area contributed by atoms with E-state index < -0.39 is 0 Å². The van der Waals surface area contributed by atoms with Crippen molar-refractivity contribution < 1.29 is 4.79 Å². The number of aryl methyl sites for hydroxylation is 1. The zero-order chi connectivity index (χ0) is 13.4. The topological polar surface area (TPSA) is 29.1 Å². The first-order valence-corrected chi connectivity index (χ1v) is 7.51. The van der Waals surface area contributed by atoms with Crippen molar-refractivity contribution in [1.82, 2.24) is 5.32 Å². The molecule has 2 saturated carbocycles. The van der Waals surface area contributed by atoms with Crippen molar-refractivity contribution in [3.05, 3.63) is 35.4 Å². The average molecular weight is 257 g/mol.